The zero-order valence-electron chi connectivity index (χ0n) is 32.1. The normalized spacial score (nSPS) is 11.6. The van der Waals surface area contributed by atoms with Crippen molar-refractivity contribution in [3.8, 4) is 37.0 Å². The predicted molar refractivity (Wildman–Crippen MR) is 237 cm³/mol. The fourth-order valence-corrected chi connectivity index (χ4v) is 9.80. The highest BCUT2D eigenvalue weighted by Gasteiger charge is 2.23. The van der Waals surface area contributed by atoms with Gasteiger partial charge >= 0.3 is 5.97 Å². The van der Waals surface area contributed by atoms with E-state index in [2.05, 4.69) is 100 Å². The number of nitrogens with zero attached hydrogens (tertiary/aromatic N) is 6. The fourth-order valence-electron chi connectivity index (χ4n) is 6.95. The molecule has 7 rings (SSSR count). The first-order valence-electron chi connectivity index (χ1n) is 19.6. The number of rotatable bonds is 18. The highest BCUT2D eigenvalue weighted by Crippen LogP contribution is 2.44. The van der Waals surface area contributed by atoms with Gasteiger partial charge in [-0.2, -0.15) is 14.0 Å². The Morgan fingerprint density at radius 2 is 1.23 bits per heavy atom. The number of thiazole rings is 2. The molecule has 0 saturated carbocycles. The Hall–Kier alpha value is -5.54. The van der Waals surface area contributed by atoms with E-state index in [0.29, 0.717) is 16.6 Å². The van der Waals surface area contributed by atoms with Crippen LogP contribution in [0.1, 0.15) is 82.2 Å². The van der Waals surface area contributed by atoms with Crippen LogP contribution in [0.15, 0.2) is 103 Å². The van der Waals surface area contributed by atoms with Gasteiger partial charge in [0.15, 0.2) is 10.0 Å². The highest BCUT2D eigenvalue weighted by molar-refractivity contribution is 7.24. The second-order valence-corrected chi connectivity index (χ2v) is 16.4. The van der Waals surface area contributed by atoms with Crippen LogP contribution >= 0.6 is 34.4 Å². The van der Waals surface area contributed by atoms with Crippen LogP contribution in [0.3, 0.4) is 0 Å². The van der Waals surface area contributed by atoms with E-state index in [1.165, 1.54) is 36.6 Å². The maximum absolute atomic E-state index is 11.6. The summed E-state index contributed by atoms with van der Waals surface area (Å²) in [7, 11) is 0. The summed E-state index contributed by atoms with van der Waals surface area (Å²) in [6.45, 7) is 4.45. The third kappa shape index (κ3) is 9.21. The number of aryl methyl sites for hydroxylation is 2. The molecule has 0 fully saturated rings. The maximum atomic E-state index is 11.6. The maximum Gasteiger partial charge on any atom is 0.346 e. The quantitative estimate of drug-likeness (QED) is 0.0517. The van der Waals surface area contributed by atoms with Gasteiger partial charge in [-0.3, -0.25) is 0 Å². The number of carbonyl (C=O) groups is 1. The molecule has 0 radical (unpaired) electrons. The number of unbranched alkanes of at least 4 members (excludes halogenated alkanes) is 6. The molecule has 7 aromatic rings. The number of hydrogen-bond acceptors (Lipinski definition) is 10. The second kappa shape index (κ2) is 19.1. The number of anilines is 3. The summed E-state index contributed by atoms with van der Waals surface area (Å²) in [6, 6.07) is 35.3. The summed E-state index contributed by atoms with van der Waals surface area (Å²) in [5, 5.41) is 20.7. The molecule has 0 bridgehead atoms. The van der Waals surface area contributed by atoms with Crippen molar-refractivity contribution in [1.29, 1.82) is 5.26 Å². The third-order valence-electron chi connectivity index (χ3n) is 9.87. The van der Waals surface area contributed by atoms with Crippen LogP contribution in [0.2, 0.25) is 0 Å². The van der Waals surface area contributed by atoms with Gasteiger partial charge in [0, 0.05) is 28.2 Å². The standard InChI is InChI=1S/C46H44N6O2S3/c1-3-5-7-15-21-38-42(31-23-26-36(27-24-31)52(34-17-11-9-12-18-34)35-19-13-10-14-20-35)55-44(48-38)45-49-39(22-16-8-6-4-2)43(56-45)37-28-25-32(29-33(30-47)46(53)54)40-41(37)51-57-50-40/h9-14,17-20,23-29H,3-8,15-16,21-22H2,1-2H3,(H,53,54)/b33-29+. The minimum Gasteiger partial charge on any atom is -0.477 e. The number of hydrogen-bond donors (Lipinski definition) is 1. The monoisotopic (exact) mass is 808 g/mol. The molecule has 0 aliphatic carbocycles. The van der Waals surface area contributed by atoms with Crippen LogP contribution in [-0.2, 0) is 17.6 Å². The Bertz CT molecular complexity index is 2460. The van der Waals surface area contributed by atoms with Gasteiger partial charge < -0.3 is 10.0 Å². The lowest BCUT2D eigenvalue weighted by Gasteiger charge is -2.25. The van der Waals surface area contributed by atoms with E-state index in [-0.39, 0.29) is 5.57 Å². The van der Waals surface area contributed by atoms with Crippen LogP contribution in [0.25, 0.3) is 48.0 Å². The number of aliphatic carboxylic acids is 1. The lowest BCUT2D eigenvalue weighted by atomic mass is 10.0. The molecule has 288 valence electrons. The molecule has 0 atom stereocenters. The van der Waals surface area contributed by atoms with Crippen LogP contribution in [0, 0.1) is 11.3 Å². The van der Waals surface area contributed by atoms with E-state index >= 15 is 0 Å². The first-order valence-corrected chi connectivity index (χ1v) is 22.0. The summed E-state index contributed by atoms with van der Waals surface area (Å²) in [5.41, 5.74) is 8.91. The molecule has 0 aliphatic rings. The van der Waals surface area contributed by atoms with Gasteiger partial charge in [0.2, 0.25) is 0 Å². The highest BCUT2D eigenvalue weighted by atomic mass is 32.1. The zero-order chi connectivity index (χ0) is 39.6. The molecule has 11 heteroatoms. The Kier molecular flexibility index (Phi) is 13.3. The van der Waals surface area contributed by atoms with Gasteiger partial charge in [-0.25, -0.2) is 14.8 Å². The molecule has 3 heterocycles. The Morgan fingerprint density at radius 1 is 0.684 bits per heavy atom. The molecule has 57 heavy (non-hydrogen) atoms. The summed E-state index contributed by atoms with van der Waals surface area (Å²) in [4.78, 5) is 26.7. The minimum absolute atomic E-state index is 0.349. The Balaban J connectivity index is 1.28. The summed E-state index contributed by atoms with van der Waals surface area (Å²) < 4.78 is 9.19. The largest absolute Gasteiger partial charge is 0.477 e. The van der Waals surface area contributed by atoms with Gasteiger partial charge in [0.1, 0.15) is 22.7 Å². The summed E-state index contributed by atoms with van der Waals surface area (Å²) >= 11 is 4.42. The third-order valence-corrected chi connectivity index (χ3v) is 12.8. The minimum atomic E-state index is -1.27. The van der Waals surface area contributed by atoms with Gasteiger partial charge in [-0.1, -0.05) is 113 Å². The molecule has 1 N–H and O–H groups in total. The van der Waals surface area contributed by atoms with Crippen molar-refractivity contribution in [2.45, 2.75) is 78.1 Å². The number of benzene rings is 4. The molecule has 0 amide bonds. The van der Waals surface area contributed by atoms with Crippen molar-refractivity contribution in [3.05, 3.63) is 120 Å². The lowest BCUT2D eigenvalue weighted by Crippen LogP contribution is -2.09. The van der Waals surface area contributed by atoms with Gasteiger partial charge in [-0.15, -0.1) is 22.7 Å². The van der Waals surface area contributed by atoms with Crippen molar-refractivity contribution in [1.82, 2.24) is 18.7 Å². The van der Waals surface area contributed by atoms with E-state index in [9.17, 15) is 15.2 Å². The topological polar surface area (TPSA) is 116 Å². The summed E-state index contributed by atoms with van der Waals surface area (Å²) in [6.07, 6.45) is 12.2. The molecular weight excluding hydrogens is 765 g/mol. The van der Waals surface area contributed by atoms with Gasteiger partial charge in [0.05, 0.1) is 32.9 Å². The fraction of sp³-hybridized carbons (Fsp3) is 0.261. The van der Waals surface area contributed by atoms with Crippen LogP contribution < -0.4 is 4.90 Å². The Morgan fingerprint density at radius 3 is 1.79 bits per heavy atom. The predicted octanol–water partition coefficient (Wildman–Crippen LogP) is 13.3. The van der Waals surface area contributed by atoms with Crippen LogP contribution in [-0.4, -0.2) is 29.8 Å². The van der Waals surface area contributed by atoms with E-state index in [4.69, 9.17) is 9.97 Å². The number of carboxylic acids is 1. The van der Waals surface area contributed by atoms with Crippen molar-refractivity contribution < 1.29 is 9.90 Å². The lowest BCUT2D eigenvalue weighted by molar-refractivity contribution is -0.132. The number of fused-ring (bicyclic) bond motifs is 1. The first-order chi connectivity index (χ1) is 28.0. The molecule has 4 aromatic carbocycles. The van der Waals surface area contributed by atoms with Gasteiger partial charge in [0.25, 0.3) is 0 Å². The second-order valence-electron chi connectivity index (χ2n) is 13.9. The molecule has 0 saturated heterocycles. The van der Waals surface area contributed by atoms with Crippen molar-refractivity contribution in [3.63, 3.8) is 0 Å². The first kappa shape index (κ1) is 39.7. The Labute approximate surface area is 346 Å². The average Bonchev–Trinajstić information content (AvgIpc) is 4.01. The van der Waals surface area contributed by atoms with E-state index in [0.717, 1.165) is 105 Å². The molecule has 8 nitrogen and oxygen atoms in total. The van der Waals surface area contributed by atoms with Crippen molar-refractivity contribution >= 4 is 74.5 Å². The van der Waals surface area contributed by atoms with E-state index in [1.54, 1.807) is 28.7 Å². The number of carboxylic acid groups (broad SMARTS) is 1. The molecule has 3 aromatic heterocycles. The average molecular weight is 809 g/mol. The molecule has 0 aliphatic heterocycles. The number of para-hydroxylation sites is 2. The van der Waals surface area contributed by atoms with E-state index in [1.807, 2.05) is 24.3 Å². The molecule has 0 spiro atoms. The summed E-state index contributed by atoms with van der Waals surface area (Å²) in [5.74, 6) is -1.27. The van der Waals surface area contributed by atoms with E-state index < -0.39 is 5.97 Å². The van der Waals surface area contributed by atoms with Crippen LogP contribution in [0.4, 0.5) is 17.1 Å². The molecular formula is C46H44N6O2S3. The van der Waals surface area contributed by atoms with Gasteiger partial charge in [-0.05, 0) is 73.7 Å². The van der Waals surface area contributed by atoms with Crippen molar-refractivity contribution in [2.24, 2.45) is 0 Å². The van der Waals surface area contributed by atoms with Crippen LogP contribution in [0.5, 0.6) is 0 Å². The number of nitriles is 1. The van der Waals surface area contributed by atoms with Crippen molar-refractivity contribution in [2.75, 3.05) is 4.90 Å². The number of aromatic nitrogens is 4. The zero-order valence-corrected chi connectivity index (χ0v) is 34.6. The molecule has 0 unspecified atom stereocenters. The SMILES string of the molecule is CCCCCCc1nc(-c2nc(CCCCCC)c(-c3ccc(/C=C(\C#N)C(=O)O)c4nsnc34)s2)sc1-c1ccc(N(c2ccccc2)c2ccccc2)cc1. The smallest absolute Gasteiger partial charge is 0.346 e.